The van der Waals surface area contributed by atoms with E-state index in [-0.39, 0.29) is 12.0 Å². The topological polar surface area (TPSA) is 73.1 Å². The number of ether oxygens (including phenoxy) is 1. The van der Waals surface area contributed by atoms with Crippen LogP contribution in [0.3, 0.4) is 0 Å². The van der Waals surface area contributed by atoms with Crippen molar-refractivity contribution in [3.8, 4) is 5.75 Å². The molecule has 0 aliphatic carbocycles. The standard InChI is InChI=1S/C20H21N5O2/c26-20(19-6-2-1-4-16(19)13-25-15-22-14-23-25)24-10-7-17(8-11-24)27-18-5-3-9-21-12-18/h1-6,9,12,14-15,17H,7-8,10-11,13H2. The predicted molar refractivity (Wildman–Crippen MR) is 99.4 cm³/mol. The van der Waals surface area contributed by atoms with Crippen LogP contribution in [0.4, 0.5) is 0 Å². The first-order valence-electron chi connectivity index (χ1n) is 9.06. The molecule has 2 aromatic heterocycles. The zero-order valence-corrected chi connectivity index (χ0v) is 14.9. The highest BCUT2D eigenvalue weighted by Gasteiger charge is 2.26. The molecule has 0 spiro atoms. The molecule has 4 rings (SSSR count). The molecule has 0 saturated carbocycles. The van der Waals surface area contributed by atoms with Gasteiger partial charge in [-0.2, -0.15) is 5.10 Å². The molecule has 7 heteroatoms. The van der Waals surface area contributed by atoms with Crippen molar-refractivity contribution in [2.24, 2.45) is 0 Å². The Hall–Kier alpha value is -3.22. The molecular weight excluding hydrogens is 342 g/mol. The van der Waals surface area contributed by atoms with Gasteiger partial charge in [0.1, 0.15) is 24.5 Å². The summed E-state index contributed by atoms with van der Waals surface area (Å²) in [5, 5.41) is 4.13. The lowest BCUT2D eigenvalue weighted by Gasteiger charge is -2.32. The summed E-state index contributed by atoms with van der Waals surface area (Å²) < 4.78 is 7.69. The van der Waals surface area contributed by atoms with Crippen LogP contribution in [-0.4, -0.2) is 49.7 Å². The van der Waals surface area contributed by atoms with Gasteiger partial charge >= 0.3 is 0 Å². The number of carbonyl (C=O) groups is 1. The van der Waals surface area contributed by atoms with Crippen LogP contribution < -0.4 is 4.74 Å². The number of hydrogen-bond donors (Lipinski definition) is 0. The maximum Gasteiger partial charge on any atom is 0.254 e. The Kier molecular flexibility index (Phi) is 5.09. The highest BCUT2D eigenvalue weighted by atomic mass is 16.5. The average molecular weight is 363 g/mol. The molecule has 27 heavy (non-hydrogen) atoms. The largest absolute Gasteiger partial charge is 0.489 e. The van der Waals surface area contributed by atoms with Gasteiger partial charge in [0.2, 0.25) is 0 Å². The number of amides is 1. The van der Waals surface area contributed by atoms with Gasteiger partial charge in [-0.05, 0) is 23.8 Å². The minimum atomic E-state index is 0.0607. The van der Waals surface area contributed by atoms with E-state index < -0.39 is 0 Å². The van der Waals surface area contributed by atoms with Crippen LogP contribution in [-0.2, 0) is 6.54 Å². The molecule has 1 amide bonds. The molecule has 0 radical (unpaired) electrons. The van der Waals surface area contributed by atoms with Gasteiger partial charge in [0.05, 0.1) is 12.7 Å². The van der Waals surface area contributed by atoms with E-state index in [1.165, 1.54) is 6.33 Å². The van der Waals surface area contributed by atoms with Crippen molar-refractivity contribution in [3.05, 3.63) is 72.6 Å². The molecule has 7 nitrogen and oxygen atoms in total. The van der Waals surface area contributed by atoms with Crippen molar-refractivity contribution in [2.75, 3.05) is 13.1 Å². The molecule has 1 fully saturated rings. The van der Waals surface area contributed by atoms with Gasteiger partial charge in [0.15, 0.2) is 0 Å². The second-order valence-corrected chi connectivity index (χ2v) is 6.55. The SMILES string of the molecule is O=C(c1ccccc1Cn1cncn1)N1CCC(Oc2cccnc2)CC1. The van der Waals surface area contributed by atoms with Crippen molar-refractivity contribution in [1.82, 2.24) is 24.6 Å². The summed E-state index contributed by atoms with van der Waals surface area (Å²) in [6.45, 7) is 1.89. The molecule has 1 aliphatic heterocycles. The van der Waals surface area contributed by atoms with Crippen molar-refractivity contribution in [1.29, 1.82) is 0 Å². The summed E-state index contributed by atoms with van der Waals surface area (Å²) in [6, 6.07) is 11.5. The van der Waals surface area contributed by atoms with E-state index >= 15 is 0 Å². The van der Waals surface area contributed by atoms with Crippen LogP contribution in [0.25, 0.3) is 0 Å². The fourth-order valence-corrected chi connectivity index (χ4v) is 3.31. The third-order valence-corrected chi connectivity index (χ3v) is 4.71. The summed E-state index contributed by atoms with van der Waals surface area (Å²) in [6.07, 6.45) is 8.34. The second kappa shape index (κ2) is 7.99. The molecule has 0 bridgehead atoms. The summed E-state index contributed by atoms with van der Waals surface area (Å²) in [7, 11) is 0. The van der Waals surface area contributed by atoms with E-state index in [1.54, 1.807) is 23.4 Å². The fourth-order valence-electron chi connectivity index (χ4n) is 3.31. The van der Waals surface area contributed by atoms with Gasteiger partial charge in [0.25, 0.3) is 5.91 Å². The molecule has 1 aromatic carbocycles. The Balaban J connectivity index is 1.39. The Bertz CT molecular complexity index is 874. The Morgan fingerprint density at radius 1 is 1.11 bits per heavy atom. The zero-order chi connectivity index (χ0) is 18.5. The molecule has 1 saturated heterocycles. The van der Waals surface area contributed by atoms with E-state index in [0.29, 0.717) is 19.6 Å². The summed E-state index contributed by atoms with van der Waals surface area (Å²) in [5.41, 5.74) is 1.67. The highest BCUT2D eigenvalue weighted by molar-refractivity contribution is 5.95. The Morgan fingerprint density at radius 2 is 1.96 bits per heavy atom. The lowest BCUT2D eigenvalue weighted by atomic mass is 10.0. The first kappa shape index (κ1) is 17.2. The minimum absolute atomic E-state index is 0.0607. The van der Waals surface area contributed by atoms with Crippen molar-refractivity contribution in [3.63, 3.8) is 0 Å². The molecule has 3 aromatic rings. The first-order chi connectivity index (χ1) is 13.3. The minimum Gasteiger partial charge on any atom is -0.489 e. The fraction of sp³-hybridized carbons (Fsp3) is 0.300. The van der Waals surface area contributed by atoms with E-state index in [9.17, 15) is 4.79 Å². The van der Waals surface area contributed by atoms with Gasteiger partial charge in [-0.25, -0.2) is 9.67 Å². The number of nitrogens with zero attached hydrogens (tertiary/aromatic N) is 5. The third kappa shape index (κ3) is 4.13. The second-order valence-electron chi connectivity index (χ2n) is 6.55. The number of aromatic nitrogens is 4. The average Bonchev–Trinajstić information content (AvgIpc) is 3.22. The monoisotopic (exact) mass is 363 g/mol. The number of hydrogen-bond acceptors (Lipinski definition) is 5. The smallest absolute Gasteiger partial charge is 0.254 e. The van der Waals surface area contributed by atoms with E-state index in [2.05, 4.69) is 15.1 Å². The quantitative estimate of drug-likeness (QED) is 0.696. The number of pyridine rings is 1. The summed E-state index contributed by atoms with van der Waals surface area (Å²) >= 11 is 0. The molecule has 0 unspecified atom stereocenters. The lowest BCUT2D eigenvalue weighted by Crippen LogP contribution is -2.42. The number of benzene rings is 1. The van der Waals surface area contributed by atoms with Gasteiger partial charge in [0, 0.05) is 37.7 Å². The van der Waals surface area contributed by atoms with Crippen LogP contribution in [0.1, 0.15) is 28.8 Å². The number of rotatable bonds is 5. The zero-order valence-electron chi connectivity index (χ0n) is 14.9. The molecule has 1 aliphatic rings. The first-order valence-corrected chi connectivity index (χ1v) is 9.06. The maximum absolute atomic E-state index is 13.0. The van der Waals surface area contributed by atoms with Gasteiger partial charge in [-0.15, -0.1) is 0 Å². The molecule has 0 N–H and O–H groups in total. The van der Waals surface area contributed by atoms with Crippen molar-refractivity contribution in [2.45, 2.75) is 25.5 Å². The molecule has 3 heterocycles. The highest BCUT2D eigenvalue weighted by Crippen LogP contribution is 2.21. The van der Waals surface area contributed by atoms with Crippen LogP contribution >= 0.6 is 0 Å². The third-order valence-electron chi connectivity index (χ3n) is 4.71. The van der Waals surface area contributed by atoms with Gasteiger partial charge in [-0.3, -0.25) is 9.78 Å². The van der Waals surface area contributed by atoms with Crippen LogP contribution in [0.2, 0.25) is 0 Å². The van der Waals surface area contributed by atoms with Crippen molar-refractivity contribution < 1.29 is 9.53 Å². The Labute approximate surface area is 157 Å². The summed E-state index contributed by atoms with van der Waals surface area (Å²) in [5.74, 6) is 0.839. The molecular formula is C20H21N5O2. The summed E-state index contributed by atoms with van der Waals surface area (Å²) in [4.78, 5) is 23.0. The lowest BCUT2D eigenvalue weighted by molar-refractivity contribution is 0.0594. The molecule has 138 valence electrons. The number of carbonyl (C=O) groups excluding carboxylic acids is 1. The van der Waals surface area contributed by atoms with E-state index in [4.69, 9.17) is 4.74 Å². The number of piperidine rings is 1. The van der Waals surface area contributed by atoms with Crippen LogP contribution in [0.15, 0.2) is 61.4 Å². The predicted octanol–water partition coefficient (Wildman–Crippen LogP) is 2.41. The van der Waals surface area contributed by atoms with Crippen molar-refractivity contribution >= 4 is 5.91 Å². The van der Waals surface area contributed by atoms with Gasteiger partial charge < -0.3 is 9.64 Å². The normalized spacial score (nSPS) is 14.9. The van der Waals surface area contributed by atoms with Gasteiger partial charge in [-0.1, -0.05) is 18.2 Å². The van der Waals surface area contributed by atoms with Crippen LogP contribution in [0, 0.1) is 0 Å². The molecule has 0 atom stereocenters. The number of likely N-dealkylation sites (tertiary alicyclic amines) is 1. The Morgan fingerprint density at radius 3 is 2.70 bits per heavy atom. The van der Waals surface area contributed by atoms with E-state index in [0.717, 1.165) is 29.7 Å². The van der Waals surface area contributed by atoms with Crippen LogP contribution in [0.5, 0.6) is 5.75 Å². The van der Waals surface area contributed by atoms with E-state index in [1.807, 2.05) is 41.3 Å². The maximum atomic E-state index is 13.0.